The van der Waals surface area contributed by atoms with Crippen LogP contribution in [0.5, 0.6) is 0 Å². The highest BCUT2D eigenvalue weighted by Gasteiger charge is 2.17. The number of nitrogens with one attached hydrogen (secondary N) is 3. The lowest BCUT2D eigenvalue weighted by Crippen LogP contribution is -2.33. The van der Waals surface area contributed by atoms with Crippen LogP contribution < -0.4 is 16.1 Å². The molecule has 8 nitrogen and oxygen atoms in total. The van der Waals surface area contributed by atoms with E-state index < -0.39 is 17.7 Å². The summed E-state index contributed by atoms with van der Waals surface area (Å²) in [6.07, 6.45) is 4.54. The molecule has 8 heteroatoms. The Hall–Kier alpha value is -4.33. The summed E-state index contributed by atoms with van der Waals surface area (Å²) in [7, 11) is 0. The Bertz CT molecular complexity index is 1040. The van der Waals surface area contributed by atoms with Crippen molar-refractivity contribution >= 4 is 35.3 Å². The van der Waals surface area contributed by atoms with Crippen molar-refractivity contribution in [1.82, 2.24) is 10.4 Å². The first-order valence-corrected chi connectivity index (χ1v) is 8.63. The van der Waals surface area contributed by atoms with Gasteiger partial charge in [-0.15, -0.1) is 0 Å². The monoisotopic (exact) mass is 387 g/mol. The lowest BCUT2D eigenvalue weighted by molar-refractivity contribution is -0.136. The van der Waals surface area contributed by atoms with E-state index in [4.69, 9.17) is 0 Å². The van der Waals surface area contributed by atoms with E-state index in [-0.39, 0.29) is 11.3 Å². The molecule has 0 atom stereocenters. The van der Waals surface area contributed by atoms with Crippen molar-refractivity contribution in [3.05, 3.63) is 90.3 Å². The Morgan fingerprint density at radius 3 is 2.24 bits per heavy atom. The molecule has 0 radical (unpaired) electrons. The highest BCUT2D eigenvalue weighted by molar-refractivity contribution is 6.40. The summed E-state index contributed by atoms with van der Waals surface area (Å²) in [5, 5.41) is 8.89. The third kappa shape index (κ3) is 5.57. The number of hydrazone groups is 1. The second kappa shape index (κ2) is 9.56. The highest BCUT2D eigenvalue weighted by Crippen LogP contribution is 2.17. The van der Waals surface area contributed by atoms with Crippen molar-refractivity contribution in [2.75, 3.05) is 10.6 Å². The lowest BCUT2D eigenvalue weighted by atomic mass is 10.1. The molecule has 2 aromatic carbocycles. The minimum Gasteiger partial charge on any atom is -0.322 e. The van der Waals surface area contributed by atoms with Crippen LogP contribution in [0.2, 0.25) is 0 Å². The van der Waals surface area contributed by atoms with Gasteiger partial charge in [-0.3, -0.25) is 19.4 Å². The van der Waals surface area contributed by atoms with Gasteiger partial charge in [-0.25, -0.2) is 5.43 Å². The molecule has 0 unspecified atom stereocenters. The summed E-state index contributed by atoms with van der Waals surface area (Å²) in [6, 6.07) is 18.7. The number of anilines is 2. The van der Waals surface area contributed by atoms with Crippen LogP contribution >= 0.6 is 0 Å². The lowest BCUT2D eigenvalue weighted by Gasteiger charge is -2.11. The van der Waals surface area contributed by atoms with Crippen molar-refractivity contribution in [2.45, 2.75) is 0 Å². The quantitative estimate of drug-likeness (QED) is 0.354. The summed E-state index contributed by atoms with van der Waals surface area (Å²) in [4.78, 5) is 40.5. The predicted molar refractivity (Wildman–Crippen MR) is 109 cm³/mol. The number of benzene rings is 2. The Kier molecular flexibility index (Phi) is 6.41. The van der Waals surface area contributed by atoms with Crippen LogP contribution in [0.25, 0.3) is 0 Å². The van der Waals surface area contributed by atoms with Gasteiger partial charge in [-0.05, 0) is 42.0 Å². The molecule has 0 fully saturated rings. The predicted octanol–water partition coefficient (Wildman–Crippen LogP) is 2.42. The normalized spacial score (nSPS) is 10.3. The number of aromatic nitrogens is 1. The molecule has 1 aromatic heterocycles. The third-order valence-corrected chi connectivity index (χ3v) is 3.74. The fourth-order valence-corrected chi connectivity index (χ4v) is 2.35. The zero-order valence-electron chi connectivity index (χ0n) is 15.2. The molecule has 0 aliphatic rings. The summed E-state index contributed by atoms with van der Waals surface area (Å²) in [5.74, 6) is -2.33. The SMILES string of the molecule is O=C(N/N=C\c1ccncc1)C(=O)Nc1ccccc1C(=O)Nc1ccccc1. The van der Waals surface area contributed by atoms with E-state index in [1.165, 1.54) is 12.3 Å². The Balaban J connectivity index is 1.63. The minimum atomic E-state index is -0.964. The molecule has 0 spiro atoms. The largest absolute Gasteiger partial charge is 0.329 e. The Morgan fingerprint density at radius 2 is 1.48 bits per heavy atom. The van der Waals surface area contributed by atoms with E-state index in [2.05, 4.69) is 26.1 Å². The van der Waals surface area contributed by atoms with Crippen LogP contribution in [0.3, 0.4) is 0 Å². The van der Waals surface area contributed by atoms with Crippen LogP contribution in [0, 0.1) is 0 Å². The molecule has 144 valence electrons. The molecule has 1 heterocycles. The van der Waals surface area contributed by atoms with Gasteiger partial charge in [0.2, 0.25) is 0 Å². The summed E-state index contributed by atoms with van der Waals surface area (Å²) in [5.41, 5.74) is 3.89. The molecule has 0 saturated carbocycles. The van der Waals surface area contributed by atoms with Gasteiger partial charge in [0.25, 0.3) is 5.91 Å². The fraction of sp³-hybridized carbons (Fsp3) is 0. The van der Waals surface area contributed by atoms with Crippen molar-refractivity contribution in [3.63, 3.8) is 0 Å². The van der Waals surface area contributed by atoms with Gasteiger partial charge in [0.15, 0.2) is 0 Å². The van der Waals surface area contributed by atoms with Gasteiger partial charge in [0, 0.05) is 18.1 Å². The second-order valence-electron chi connectivity index (χ2n) is 5.80. The smallest absolute Gasteiger partial charge is 0.322 e. The molecule has 3 aromatic rings. The maximum Gasteiger partial charge on any atom is 0.329 e. The standard InChI is InChI=1S/C21H17N5O3/c27-19(24-16-6-2-1-3-7-16)17-8-4-5-9-18(17)25-20(28)21(29)26-23-14-15-10-12-22-13-11-15/h1-14H,(H,24,27)(H,25,28)(H,26,29)/b23-14-. The van der Waals surface area contributed by atoms with Gasteiger partial charge in [-0.2, -0.15) is 5.10 Å². The maximum absolute atomic E-state index is 12.5. The topological polar surface area (TPSA) is 113 Å². The van der Waals surface area contributed by atoms with Crippen LogP contribution in [-0.2, 0) is 9.59 Å². The highest BCUT2D eigenvalue weighted by atomic mass is 16.2. The molecule has 0 bridgehead atoms. The van der Waals surface area contributed by atoms with Gasteiger partial charge in [0.1, 0.15) is 0 Å². The molecular formula is C21H17N5O3. The molecule has 0 aliphatic carbocycles. The Labute approximate surface area is 166 Å². The van der Waals surface area contributed by atoms with E-state index in [1.54, 1.807) is 67.0 Å². The number of pyridine rings is 1. The van der Waals surface area contributed by atoms with Crippen LogP contribution in [0.15, 0.2) is 84.2 Å². The first-order valence-electron chi connectivity index (χ1n) is 8.63. The van der Waals surface area contributed by atoms with Crippen LogP contribution in [0.4, 0.5) is 11.4 Å². The van der Waals surface area contributed by atoms with Crippen molar-refractivity contribution < 1.29 is 14.4 Å². The average molecular weight is 387 g/mol. The number of rotatable bonds is 5. The molecule has 3 rings (SSSR count). The van der Waals surface area contributed by atoms with Crippen molar-refractivity contribution in [1.29, 1.82) is 0 Å². The number of hydrogen-bond acceptors (Lipinski definition) is 5. The van der Waals surface area contributed by atoms with Gasteiger partial charge in [0.05, 0.1) is 17.5 Å². The van der Waals surface area contributed by atoms with E-state index in [1.807, 2.05) is 6.07 Å². The maximum atomic E-state index is 12.5. The first-order chi connectivity index (χ1) is 14.1. The first kappa shape index (κ1) is 19.4. The number of nitrogens with zero attached hydrogens (tertiary/aromatic N) is 2. The fourth-order valence-electron chi connectivity index (χ4n) is 2.35. The molecule has 3 amide bonds. The molecule has 0 aliphatic heterocycles. The minimum absolute atomic E-state index is 0.208. The molecular weight excluding hydrogens is 370 g/mol. The molecule has 3 N–H and O–H groups in total. The zero-order chi connectivity index (χ0) is 20.5. The Morgan fingerprint density at radius 1 is 0.793 bits per heavy atom. The van der Waals surface area contributed by atoms with E-state index in [0.29, 0.717) is 11.3 Å². The second-order valence-corrected chi connectivity index (χ2v) is 5.80. The summed E-state index contributed by atoms with van der Waals surface area (Å²) < 4.78 is 0. The van der Waals surface area contributed by atoms with Gasteiger partial charge >= 0.3 is 11.8 Å². The number of carbonyl (C=O) groups is 3. The molecule has 29 heavy (non-hydrogen) atoms. The third-order valence-electron chi connectivity index (χ3n) is 3.74. The van der Waals surface area contributed by atoms with Gasteiger partial charge in [-0.1, -0.05) is 30.3 Å². The van der Waals surface area contributed by atoms with Crippen LogP contribution in [0.1, 0.15) is 15.9 Å². The van der Waals surface area contributed by atoms with Crippen LogP contribution in [-0.4, -0.2) is 28.9 Å². The number of carbonyl (C=O) groups excluding carboxylic acids is 3. The molecule has 0 saturated heterocycles. The average Bonchev–Trinajstić information content (AvgIpc) is 2.75. The summed E-state index contributed by atoms with van der Waals surface area (Å²) in [6.45, 7) is 0. The zero-order valence-corrected chi connectivity index (χ0v) is 15.2. The van der Waals surface area contributed by atoms with Crippen molar-refractivity contribution in [3.8, 4) is 0 Å². The number of para-hydroxylation sites is 2. The van der Waals surface area contributed by atoms with E-state index >= 15 is 0 Å². The van der Waals surface area contributed by atoms with Gasteiger partial charge < -0.3 is 10.6 Å². The van der Waals surface area contributed by atoms with E-state index in [0.717, 1.165) is 0 Å². The number of amides is 3. The van der Waals surface area contributed by atoms with E-state index in [9.17, 15) is 14.4 Å². The summed E-state index contributed by atoms with van der Waals surface area (Å²) >= 11 is 0. The van der Waals surface area contributed by atoms with Crippen molar-refractivity contribution in [2.24, 2.45) is 5.10 Å². The number of hydrogen-bond donors (Lipinski definition) is 3.